The van der Waals surface area contributed by atoms with E-state index in [2.05, 4.69) is 0 Å². The van der Waals surface area contributed by atoms with Gasteiger partial charge < -0.3 is 10.5 Å². The Morgan fingerprint density at radius 2 is 1.58 bits per heavy atom. The van der Waals surface area contributed by atoms with E-state index >= 15 is 0 Å². The van der Waals surface area contributed by atoms with Crippen molar-refractivity contribution in [3.8, 4) is 0 Å². The molecule has 1 amide bonds. The SMILES string of the molecule is CCN(CC(N)=O)C1CCC(O[C@H](C)c2cc(C(F)(F)F)cc(C(F)(F)F)c2)C1c1ccc(F)cc1. The Balaban J connectivity index is 1.96. The molecule has 36 heavy (non-hydrogen) atoms. The molecule has 0 radical (unpaired) electrons. The van der Waals surface area contributed by atoms with Gasteiger partial charge in [-0.15, -0.1) is 0 Å². The summed E-state index contributed by atoms with van der Waals surface area (Å²) >= 11 is 0. The van der Waals surface area contributed by atoms with E-state index in [1.54, 1.807) is 12.1 Å². The Labute approximate surface area is 204 Å². The van der Waals surface area contributed by atoms with Gasteiger partial charge in [0.25, 0.3) is 0 Å². The minimum absolute atomic E-state index is 0.0380. The van der Waals surface area contributed by atoms with E-state index in [0.717, 1.165) is 0 Å². The van der Waals surface area contributed by atoms with Gasteiger partial charge in [0.1, 0.15) is 5.82 Å². The van der Waals surface area contributed by atoms with Crippen LogP contribution >= 0.6 is 0 Å². The first kappa shape index (κ1) is 27.9. The Hall–Kier alpha value is -2.66. The number of carbonyl (C=O) groups is 1. The van der Waals surface area contributed by atoms with E-state index in [9.17, 15) is 35.5 Å². The van der Waals surface area contributed by atoms with Crippen molar-refractivity contribution in [2.45, 2.75) is 63.2 Å². The van der Waals surface area contributed by atoms with Gasteiger partial charge in [0.05, 0.1) is 29.9 Å². The third kappa shape index (κ3) is 6.56. The maximum Gasteiger partial charge on any atom is 0.416 e. The molecule has 1 aliphatic rings. The molecule has 2 aromatic carbocycles. The van der Waals surface area contributed by atoms with E-state index in [1.165, 1.54) is 19.1 Å². The van der Waals surface area contributed by atoms with Crippen molar-refractivity contribution in [1.82, 2.24) is 4.90 Å². The largest absolute Gasteiger partial charge is 0.416 e. The second kappa shape index (κ2) is 10.8. The summed E-state index contributed by atoms with van der Waals surface area (Å²) in [4.78, 5) is 13.4. The normalized spacial score (nSPS) is 21.7. The van der Waals surface area contributed by atoms with Crippen LogP contribution in [-0.2, 0) is 21.9 Å². The van der Waals surface area contributed by atoms with Gasteiger partial charge in [-0.1, -0.05) is 19.1 Å². The molecule has 0 aromatic heterocycles. The van der Waals surface area contributed by atoms with Gasteiger partial charge in [0.15, 0.2) is 0 Å². The Morgan fingerprint density at radius 1 is 1.03 bits per heavy atom. The molecule has 2 N–H and O–H groups in total. The summed E-state index contributed by atoms with van der Waals surface area (Å²) in [5.74, 6) is -1.43. The molecule has 1 saturated carbocycles. The van der Waals surface area contributed by atoms with E-state index in [4.69, 9.17) is 10.5 Å². The summed E-state index contributed by atoms with van der Waals surface area (Å²) in [5, 5.41) is 0. The highest BCUT2D eigenvalue weighted by Crippen LogP contribution is 2.43. The number of halogens is 7. The van der Waals surface area contributed by atoms with Crippen LogP contribution in [0.5, 0.6) is 0 Å². The number of amides is 1. The molecule has 11 heteroatoms. The summed E-state index contributed by atoms with van der Waals surface area (Å²) in [6, 6.07) is 6.78. The lowest BCUT2D eigenvalue weighted by atomic mass is 9.91. The minimum atomic E-state index is -4.97. The highest BCUT2D eigenvalue weighted by Gasteiger charge is 2.42. The quantitative estimate of drug-likeness (QED) is 0.431. The van der Waals surface area contributed by atoms with E-state index < -0.39 is 53.3 Å². The first-order valence-electron chi connectivity index (χ1n) is 11.4. The molecule has 198 valence electrons. The van der Waals surface area contributed by atoms with Gasteiger partial charge >= 0.3 is 12.4 Å². The highest BCUT2D eigenvalue weighted by molar-refractivity contribution is 5.76. The van der Waals surface area contributed by atoms with Gasteiger partial charge in [-0.3, -0.25) is 9.69 Å². The van der Waals surface area contributed by atoms with Crippen molar-refractivity contribution in [2.75, 3.05) is 13.1 Å². The fourth-order valence-electron chi connectivity index (χ4n) is 4.84. The van der Waals surface area contributed by atoms with Crippen LogP contribution < -0.4 is 5.73 Å². The molecule has 0 bridgehead atoms. The number of hydrogen-bond donors (Lipinski definition) is 1. The molecule has 4 nitrogen and oxygen atoms in total. The fourth-order valence-corrected chi connectivity index (χ4v) is 4.84. The molecule has 0 heterocycles. The van der Waals surface area contributed by atoms with Crippen LogP contribution in [0.1, 0.15) is 61.0 Å². The van der Waals surface area contributed by atoms with Crippen molar-refractivity contribution in [2.24, 2.45) is 5.73 Å². The number of benzene rings is 2. The lowest BCUT2D eigenvalue weighted by Crippen LogP contribution is -2.43. The molecular formula is C25H27F7N2O2. The monoisotopic (exact) mass is 520 g/mol. The van der Waals surface area contributed by atoms with Crippen LogP contribution in [0.15, 0.2) is 42.5 Å². The fraction of sp³-hybridized carbons (Fsp3) is 0.480. The molecule has 0 spiro atoms. The first-order chi connectivity index (χ1) is 16.7. The summed E-state index contributed by atoms with van der Waals surface area (Å²) in [6.45, 7) is 3.66. The molecule has 4 atom stereocenters. The van der Waals surface area contributed by atoms with Crippen molar-refractivity contribution in [1.29, 1.82) is 0 Å². The third-order valence-corrected chi connectivity index (χ3v) is 6.51. The molecule has 0 saturated heterocycles. The van der Waals surface area contributed by atoms with Crippen LogP contribution in [0.2, 0.25) is 0 Å². The van der Waals surface area contributed by atoms with Gasteiger partial charge in [-0.25, -0.2) is 4.39 Å². The average molecular weight is 520 g/mol. The van der Waals surface area contributed by atoms with Crippen molar-refractivity contribution in [3.63, 3.8) is 0 Å². The second-order valence-corrected chi connectivity index (χ2v) is 8.91. The smallest absolute Gasteiger partial charge is 0.370 e. The average Bonchev–Trinajstić information content (AvgIpc) is 3.19. The molecule has 3 rings (SSSR count). The Morgan fingerprint density at radius 3 is 2.06 bits per heavy atom. The molecule has 1 fully saturated rings. The van der Waals surface area contributed by atoms with E-state index in [1.807, 2.05) is 11.8 Å². The second-order valence-electron chi connectivity index (χ2n) is 8.91. The third-order valence-electron chi connectivity index (χ3n) is 6.51. The number of nitrogens with two attached hydrogens (primary N) is 1. The highest BCUT2D eigenvalue weighted by atomic mass is 19.4. The van der Waals surface area contributed by atoms with Gasteiger partial charge in [-0.2, -0.15) is 26.3 Å². The number of ether oxygens (including phenoxy) is 1. The van der Waals surface area contributed by atoms with Crippen LogP contribution in [0, 0.1) is 5.82 Å². The van der Waals surface area contributed by atoms with E-state index in [0.29, 0.717) is 37.1 Å². The molecule has 3 unspecified atom stereocenters. The zero-order valence-corrected chi connectivity index (χ0v) is 19.7. The van der Waals surface area contributed by atoms with Crippen LogP contribution in [0.4, 0.5) is 30.7 Å². The van der Waals surface area contributed by atoms with Gasteiger partial charge in [-0.05, 0) is 67.8 Å². The maximum atomic E-state index is 13.6. The number of carbonyl (C=O) groups excluding carboxylic acids is 1. The number of primary amides is 1. The molecule has 0 aliphatic heterocycles. The van der Waals surface area contributed by atoms with E-state index in [-0.39, 0.29) is 24.2 Å². The number of alkyl halides is 6. The summed E-state index contributed by atoms with van der Waals surface area (Å²) in [6.07, 6.45) is -10.7. The zero-order valence-electron chi connectivity index (χ0n) is 19.7. The van der Waals surface area contributed by atoms with Crippen molar-refractivity contribution in [3.05, 3.63) is 70.5 Å². The number of rotatable bonds is 8. The standard InChI is InChI=1S/C25H27F7N2O2/c1-3-34(13-22(33)35)20-8-9-21(23(20)15-4-6-19(26)7-5-15)36-14(2)16-10-17(24(27,28)29)12-18(11-16)25(30,31)32/h4-7,10-12,14,20-21,23H,3,8-9,13H2,1-2H3,(H2,33,35)/t14-,20?,21?,23?/m1/s1. The molecule has 2 aromatic rings. The number of hydrogen-bond acceptors (Lipinski definition) is 3. The lowest BCUT2D eigenvalue weighted by molar-refractivity contribution is -0.143. The first-order valence-corrected chi connectivity index (χ1v) is 11.4. The van der Waals surface area contributed by atoms with Crippen molar-refractivity contribution >= 4 is 5.91 Å². The Kier molecular flexibility index (Phi) is 8.34. The predicted molar refractivity (Wildman–Crippen MR) is 118 cm³/mol. The summed E-state index contributed by atoms with van der Waals surface area (Å²) < 4.78 is 99.6. The van der Waals surface area contributed by atoms with Gasteiger partial charge in [0, 0.05) is 12.0 Å². The number of likely N-dealkylation sites (N-methyl/N-ethyl adjacent to an activating group) is 1. The Bertz CT molecular complexity index is 1020. The summed E-state index contributed by atoms with van der Waals surface area (Å²) in [5.41, 5.74) is 2.97. The van der Waals surface area contributed by atoms with Crippen molar-refractivity contribution < 1.29 is 40.3 Å². The predicted octanol–water partition coefficient (Wildman–Crippen LogP) is 6.06. The number of nitrogens with zero attached hydrogens (tertiary/aromatic N) is 1. The lowest BCUT2D eigenvalue weighted by Gasteiger charge is -2.34. The molecular weight excluding hydrogens is 493 g/mol. The topological polar surface area (TPSA) is 55.6 Å². The minimum Gasteiger partial charge on any atom is -0.370 e. The zero-order chi connectivity index (χ0) is 26.8. The molecule has 1 aliphatic carbocycles. The van der Waals surface area contributed by atoms with Crippen LogP contribution in [-0.4, -0.2) is 36.0 Å². The van der Waals surface area contributed by atoms with Crippen LogP contribution in [0.3, 0.4) is 0 Å². The van der Waals surface area contributed by atoms with Crippen LogP contribution in [0.25, 0.3) is 0 Å². The van der Waals surface area contributed by atoms with Gasteiger partial charge in [0.2, 0.25) is 5.91 Å². The summed E-state index contributed by atoms with van der Waals surface area (Å²) in [7, 11) is 0. The maximum absolute atomic E-state index is 13.6.